The molecule has 0 radical (unpaired) electrons. The van der Waals surface area contributed by atoms with Crippen LogP contribution < -0.4 is 9.64 Å². The number of nitrogens with zero attached hydrogens (tertiary/aromatic N) is 3. The molecule has 5 nitrogen and oxygen atoms in total. The molecule has 2 heterocycles. The van der Waals surface area contributed by atoms with Gasteiger partial charge in [-0.05, 0) is 68.3 Å². The topological polar surface area (TPSA) is 47.4 Å². The van der Waals surface area contributed by atoms with Gasteiger partial charge in [-0.3, -0.25) is 4.79 Å². The minimum atomic E-state index is 0.0431. The van der Waals surface area contributed by atoms with Gasteiger partial charge in [0.05, 0.1) is 17.6 Å². The molecule has 0 unspecified atom stereocenters. The molecule has 5 heteroatoms. The van der Waals surface area contributed by atoms with Crippen molar-refractivity contribution in [3.8, 4) is 5.75 Å². The van der Waals surface area contributed by atoms with Gasteiger partial charge in [0.25, 0.3) is 0 Å². The lowest BCUT2D eigenvalue weighted by Crippen LogP contribution is -2.24. The number of para-hydroxylation sites is 2. The van der Waals surface area contributed by atoms with Gasteiger partial charge in [-0.15, -0.1) is 0 Å². The zero-order chi connectivity index (χ0) is 22.9. The van der Waals surface area contributed by atoms with Gasteiger partial charge < -0.3 is 14.2 Å². The number of rotatable bonds is 6. The quantitative estimate of drug-likeness (QED) is 0.392. The Bertz CT molecular complexity index is 1310. The first-order valence-electron chi connectivity index (χ1n) is 11.6. The zero-order valence-electron chi connectivity index (χ0n) is 19.4. The first-order valence-corrected chi connectivity index (χ1v) is 11.6. The molecular formula is C28H29N3O2. The Morgan fingerprint density at radius 3 is 2.61 bits per heavy atom. The fraction of sp³-hybridized carbons (Fsp3) is 0.286. The van der Waals surface area contributed by atoms with Crippen molar-refractivity contribution in [3.05, 3.63) is 89.2 Å². The lowest BCUT2D eigenvalue weighted by molar-refractivity contribution is -0.117. The molecule has 4 aromatic rings. The molecule has 1 fully saturated rings. The summed E-state index contributed by atoms with van der Waals surface area (Å²) in [5, 5.41) is 0. The summed E-state index contributed by atoms with van der Waals surface area (Å²) in [5.41, 5.74) is 6.79. The van der Waals surface area contributed by atoms with E-state index in [2.05, 4.69) is 54.8 Å². The maximum absolute atomic E-state index is 13.0. The van der Waals surface area contributed by atoms with E-state index in [1.54, 1.807) is 0 Å². The molecular weight excluding hydrogens is 410 g/mol. The number of fused-ring (bicyclic) bond motifs is 1. The van der Waals surface area contributed by atoms with Gasteiger partial charge in [-0.25, -0.2) is 4.98 Å². The second-order valence-electron chi connectivity index (χ2n) is 8.81. The zero-order valence-corrected chi connectivity index (χ0v) is 19.4. The Hall–Kier alpha value is -3.60. The van der Waals surface area contributed by atoms with E-state index in [1.165, 1.54) is 16.7 Å². The normalized spacial score (nSPS) is 16.0. The van der Waals surface area contributed by atoms with E-state index >= 15 is 0 Å². The Kier molecular flexibility index (Phi) is 5.63. The average Bonchev–Trinajstić information content (AvgIpc) is 3.38. The number of hydrogen-bond acceptors (Lipinski definition) is 3. The highest BCUT2D eigenvalue weighted by atomic mass is 16.5. The van der Waals surface area contributed by atoms with E-state index in [-0.39, 0.29) is 11.8 Å². The summed E-state index contributed by atoms with van der Waals surface area (Å²) < 4.78 is 7.85. The number of aryl methyl sites for hydroxylation is 2. The van der Waals surface area contributed by atoms with Crippen LogP contribution in [0.4, 0.5) is 5.69 Å². The standard InChI is InChI=1S/C28H29N3O2/c1-4-33-24-13-11-23(12-14-24)30-18-22(16-27(30)32)28-29-25-7-5-6-8-26(25)31(28)17-21-15-19(2)9-10-20(21)3/h5-15,22H,4,16-18H2,1-3H3/t22-/m0/s1. The minimum Gasteiger partial charge on any atom is -0.494 e. The van der Waals surface area contributed by atoms with Gasteiger partial charge in [-0.1, -0.05) is 35.9 Å². The molecule has 0 saturated carbocycles. The number of anilines is 1. The number of carbonyl (C=O) groups is 1. The maximum atomic E-state index is 13.0. The van der Waals surface area contributed by atoms with Crippen molar-refractivity contribution in [2.45, 2.75) is 39.7 Å². The fourth-order valence-electron chi connectivity index (χ4n) is 4.73. The molecule has 1 amide bonds. The van der Waals surface area contributed by atoms with Gasteiger partial charge in [0.1, 0.15) is 11.6 Å². The Labute approximate surface area is 194 Å². The molecule has 1 aromatic heterocycles. The molecule has 33 heavy (non-hydrogen) atoms. The summed E-state index contributed by atoms with van der Waals surface area (Å²) in [5.74, 6) is 1.98. The first kappa shape index (κ1) is 21.3. The monoisotopic (exact) mass is 439 g/mol. The lowest BCUT2D eigenvalue weighted by atomic mass is 10.0. The number of carbonyl (C=O) groups excluding carboxylic acids is 1. The van der Waals surface area contributed by atoms with Crippen LogP contribution in [0.5, 0.6) is 5.75 Å². The number of aromatic nitrogens is 2. The van der Waals surface area contributed by atoms with Gasteiger partial charge in [-0.2, -0.15) is 0 Å². The van der Waals surface area contributed by atoms with Crippen LogP contribution in [-0.2, 0) is 11.3 Å². The third kappa shape index (κ3) is 4.11. The highest BCUT2D eigenvalue weighted by molar-refractivity contribution is 5.96. The summed E-state index contributed by atoms with van der Waals surface area (Å²) >= 11 is 0. The Morgan fingerprint density at radius 1 is 1.03 bits per heavy atom. The predicted octanol–water partition coefficient (Wildman–Crippen LogP) is 5.62. The van der Waals surface area contributed by atoms with Gasteiger partial charge in [0, 0.05) is 31.1 Å². The van der Waals surface area contributed by atoms with Crippen molar-refractivity contribution in [2.24, 2.45) is 0 Å². The number of imidazole rings is 1. The van der Waals surface area contributed by atoms with E-state index in [1.807, 2.05) is 42.2 Å². The largest absolute Gasteiger partial charge is 0.494 e. The SMILES string of the molecule is CCOc1ccc(N2C[C@@H](c3nc4ccccc4n3Cc3cc(C)ccc3C)CC2=O)cc1. The van der Waals surface area contributed by atoms with Crippen LogP contribution in [-0.4, -0.2) is 28.6 Å². The molecule has 1 saturated heterocycles. The molecule has 168 valence electrons. The average molecular weight is 440 g/mol. The number of benzene rings is 3. The van der Waals surface area contributed by atoms with Crippen LogP contribution in [0.2, 0.25) is 0 Å². The Balaban J connectivity index is 1.49. The molecule has 0 aliphatic carbocycles. The molecule has 0 spiro atoms. The van der Waals surface area contributed by atoms with Crippen molar-refractivity contribution < 1.29 is 9.53 Å². The molecule has 0 bridgehead atoms. The summed E-state index contributed by atoms with van der Waals surface area (Å²) in [6, 6.07) is 22.6. The van der Waals surface area contributed by atoms with E-state index < -0.39 is 0 Å². The van der Waals surface area contributed by atoms with E-state index in [0.717, 1.165) is 34.8 Å². The van der Waals surface area contributed by atoms with E-state index in [9.17, 15) is 4.79 Å². The number of hydrogen-bond donors (Lipinski definition) is 0. The smallest absolute Gasteiger partial charge is 0.227 e. The van der Waals surface area contributed by atoms with E-state index in [4.69, 9.17) is 9.72 Å². The molecule has 5 rings (SSSR count). The lowest BCUT2D eigenvalue weighted by Gasteiger charge is -2.18. The highest BCUT2D eigenvalue weighted by Gasteiger charge is 2.35. The van der Waals surface area contributed by atoms with Gasteiger partial charge in [0.15, 0.2) is 0 Å². The third-order valence-electron chi connectivity index (χ3n) is 6.47. The van der Waals surface area contributed by atoms with Crippen LogP contribution >= 0.6 is 0 Å². The van der Waals surface area contributed by atoms with Gasteiger partial charge >= 0.3 is 0 Å². The summed E-state index contributed by atoms with van der Waals surface area (Å²) in [7, 11) is 0. The van der Waals surface area contributed by atoms with E-state index in [0.29, 0.717) is 19.6 Å². The van der Waals surface area contributed by atoms with Crippen molar-refractivity contribution in [3.63, 3.8) is 0 Å². The van der Waals surface area contributed by atoms with Gasteiger partial charge in [0.2, 0.25) is 5.91 Å². The number of amides is 1. The predicted molar refractivity (Wildman–Crippen MR) is 132 cm³/mol. The second-order valence-corrected chi connectivity index (χ2v) is 8.81. The van der Waals surface area contributed by atoms with Crippen molar-refractivity contribution in [2.75, 3.05) is 18.1 Å². The number of ether oxygens (including phenoxy) is 1. The molecule has 1 aliphatic heterocycles. The highest BCUT2D eigenvalue weighted by Crippen LogP contribution is 2.34. The maximum Gasteiger partial charge on any atom is 0.227 e. The van der Waals surface area contributed by atoms with Crippen LogP contribution in [0.3, 0.4) is 0 Å². The van der Waals surface area contributed by atoms with Crippen LogP contribution in [0.25, 0.3) is 11.0 Å². The van der Waals surface area contributed by atoms with Crippen LogP contribution in [0, 0.1) is 13.8 Å². The summed E-state index contributed by atoms with van der Waals surface area (Å²) in [6.07, 6.45) is 0.462. The fourth-order valence-corrected chi connectivity index (χ4v) is 4.73. The summed E-state index contributed by atoms with van der Waals surface area (Å²) in [4.78, 5) is 19.9. The molecule has 0 N–H and O–H groups in total. The third-order valence-corrected chi connectivity index (χ3v) is 6.47. The first-order chi connectivity index (χ1) is 16.0. The summed E-state index contributed by atoms with van der Waals surface area (Å²) in [6.45, 7) is 8.24. The second kappa shape index (κ2) is 8.74. The molecule has 3 aromatic carbocycles. The molecule has 1 atom stereocenters. The van der Waals surface area contributed by atoms with Crippen molar-refractivity contribution in [1.82, 2.24) is 9.55 Å². The Morgan fingerprint density at radius 2 is 1.82 bits per heavy atom. The van der Waals surface area contributed by atoms with Crippen LogP contribution in [0.15, 0.2) is 66.7 Å². The van der Waals surface area contributed by atoms with Crippen molar-refractivity contribution in [1.29, 1.82) is 0 Å². The van der Waals surface area contributed by atoms with Crippen LogP contribution in [0.1, 0.15) is 41.8 Å². The molecule has 1 aliphatic rings. The van der Waals surface area contributed by atoms with Crippen molar-refractivity contribution >= 4 is 22.6 Å². The minimum absolute atomic E-state index is 0.0431.